The first-order valence-electron chi connectivity index (χ1n) is 7.09. The van der Waals surface area contributed by atoms with Crippen molar-refractivity contribution >= 4 is 0 Å². The fourth-order valence-electron chi connectivity index (χ4n) is 2.06. The summed E-state index contributed by atoms with van der Waals surface area (Å²) in [6, 6.07) is 7.71. The summed E-state index contributed by atoms with van der Waals surface area (Å²) in [6.07, 6.45) is 3.57. The van der Waals surface area contributed by atoms with E-state index in [-0.39, 0.29) is 12.0 Å². The van der Waals surface area contributed by atoms with Gasteiger partial charge in [0.1, 0.15) is 11.5 Å². The number of hydrogen-bond acceptors (Lipinski definition) is 4. The largest absolute Gasteiger partial charge is 0.493 e. The lowest BCUT2D eigenvalue weighted by Crippen LogP contribution is -2.13. The lowest BCUT2D eigenvalue weighted by atomic mass is 10.1. The van der Waals surface area contributed by atoms with E-state index in [9.17, 15) is 5.11 Å². The van der Waals surface area contributed by atoms with Gasteiger partial charge >= 0.3 is 0 Å². The zero-order valence-electron chi connectivity index (χ0n) is 11.9. The van der Waals surface area contributed by atoms with Crippen LogP contribution >= 0.6 is 0 Å². The van der Waals surface area contributed by atoms with Crippen LogP contribution in [0.25, 0.3) is 0 Å². The maximum atomic E-state index is 9.36. The molecular formula is C16H21NO3. The van der Waals surface area contributed by atoms with E-state index in [2.05, 4.69) is 13.0 Å². The number of hydrogen-bond donors (Lipinski definition) is 1. The van der Waals surface area contributed by atoms with Gasteiger partial charge in [0, 0.05) is 23.5 Å². The number of aliphatic hydroxyl groups is 1. The minimum Gasteiger partial charge on any atom is -0.493 e. The van der Waals surface area contributed by atoms with Gasteiger partial charge in [-0.3, -0.25) is 0 Å². The molecule has 108 valence electrons. The monoisotopic (exact) mass is 275 g/mol. The van der Waals surface area contributed by atoms with Crippen LogP contribution < -0.4 is 9.47 Å². The second-order valence-corrected chi connectivity index (χ2v) is 5.40. The Morgan fingerprint density at radius 2 is 2.15 bits per heavy atom. The molecule has 0 saturated heterocycles. The van der Waals surface area contributed by atoms with Gasteiger partial charge in [0.2, 0.25) is 0 Å². The third-order valence-electron chi connectivity index (χ3n) is 3.63. The Hall–Kier alpha value is -1.73. The summed E-state index contributed by atoms with van der Waals surface area (Å²) in [7, 11) is 0. The summed E-state index contributed by atoms with van der Waals surface area (Å²) in [6.45, 7) is 3.19. The van der Waals surface area contributed by atoms with E-state index < -0.39 is 0 Å². The van der Waals surface area contributed by atoms with Crippen LogP contribution in [0, 0.1) is 16.7 Å². The summed E-state index contributed by atoms with van der Waals surface area (Å²) < 4.78 is 11.4. The average molecular weight is 275 g/mol. The first kappa shape index (κ1) is 14.7. The molecular weight excluding hydrogens is 254 g/mol. The normalized spacial score (nSPS) is 15.4. The van der Waals surface area contributed by atoms with Gasteiger partial charge < -0.3 is 14.6 Å². The minimum absolute atomic E-state index is 0.0295. The van der Waals surface area contributed by atoms with Crippen molar-refractivity contribution < 1.29 is 14.6 Å². The van der Waals surface area contributed by atoms with Gasteiger partial charge in [0.25, 0.3) is 0 Å². The van der Waals surface area contributed by atoms with Gasteiger partial charge in [-0.1, -0.05) is 6.92 Å². The summed E-state index contributed by atoms with van der Waals surface area (Å²) in [5.41, 5.74) is 0.781. The number of nitriles is 1. The van der Waals surface area contributed by atoms with E-state index in [1.807, 2.05) is 18.2 Å². The van der Waals surface area contributed by atoms with Crippen molar-refractivity contribution in [3.63, 3.8) is 0 Å². The molecule has 1 aromatic carbocycles. The minimum atomic E-state index is -0.0609. The molecule has 1 aromatic rings. The molecule has 0 heterocycles. The van der Waals surface area contributed by atoms with Crippen molar-refractivity contribution in [2.24, 2.45) is 5.41 Å². The highest BCUT2D eigenvalue weighted by atomic mass is 16.5. The van der Waals surface area contributed by atoms with Crippen molar-refractivity contribution in [1.82, 2.24) is 0 Å². The van der Waals surface area contributed by atoms with Crippen LogP contribution in [0.1, 0.15) is 38.2 Å². The standard InChI is InChI=1S/C16H21NO3/c1-2-9-19-14-4-3-13(11-18)15(10-14)20-12-16(5-6-16)7-8-17/h3-4,10,18H,2,5-7,9,11-12H2,1H3. The number of benzene rings is 1. The van der Waals surface area contributed by atoms with Crippen molar-refractivity contribution in [1.29, 1.82) is 5.26 Å². The number of ether oxygens (including phenoxy) is 2. The van der Waals surface area contributed by atoms with Gasteiger partial charge in [-0.2, -0.15) is 5.26 Å². The quantitative estimate of drug-likeness (QED) is 0.792. The molecule has 0 spiro atoms. The number of nitrogens with zero attached hydrogens (tertiary/aromatic N) is 1. The number of aliphatic hydroxyl groups excluding tert-OH is 1. The molecule has 0 aliphatic heterocycles. The van der Waals surface area contributed by atoms with Gasteiger partial charge in [-0.05, 0) is 31.4 Å². The van der Waals surface area contributed by atoms with Crippen LogP contribution in [-0.2, 0) is 6.61 Å². The lowest BCUT2D eigenvalue weighted by Gasteiger charge is -2.16. The predicted molar refractivity (Wildman–Crippen MR) is 75.5 cm³/mol. The van der Waals surface area contributed by atoms with Gasteiger partial charge in [-0.25, -0.2) is 0 Å². The Bertz CT molecular complexity index is 489. The van der Waals surface area contributed by atoms with Gasteiger partial charge in [0.05, 0.1) is 25.9 Å². The van der Waals surface area contributed by atoms with E-state index in [0.717, 1.165) is 30.6 Å². The molecule has 0 unspecified atom stereocenters. The van der Waals surface area contributed by atoms with Crippen molar-refractivity contribution in [2.75, 3.05) is 13.2 Å². The number of rotatable bonds is 8. The molecule has 1 N–H and O–H groups in total. The Morgan fingerprint density at radius 3 is 2.75 bits per heavy atom. The van der Waals surface area contributed by atoms with Gasteiger partial charge in [-0.15, -0.1) is 0 Å². The molecule has 1 saturated carbocycles. The third kappa shape index (κ3) is 3.64. The van der Waals surface area contributed by atoms with Crippen LogP contribution in [0.3, 0.4) is 0 Å². The maximum Gasteiger partial charge on any atom is 0.128 e. The Labute approximate surface area is 119 Å². The maximum absolute atomic E-state index is 9.36. The highest BCUT2D eigenvalue weighted by Crippen LogP contribution is 2.48. The zero-order chi connectivity index (χ0) is 14.4. The Kier molecular flexibility index (Phi) is 4.86. The molecule has 0 amide bonds. The smallest absolute Gasteiger partial charge is 0.128 e. The SMILES string of the molecule is CCCOc1ccc(CO)c(OCC2(CC#N)CC2)c1. The summed E-state index contributed by atoms with van der Waals surface area (Å²) in [5.74, 6) is 1.41. The van der Waals surface area contributed by atoms with Crippen LogP contribution in [-0.4, -0.2) is 18.3 Å². The van der Waals surface area contributed by atoms with Crippen molar-refractivity contribution in [2.45, 2.75) is 39.2 Å². The highest BCUT2D eigenvalue weighted by Gasteiger charge is 2.43. The summed E-state index contributed by atoms with van der Waals surface area (Å²) >= 11 is 0. The topological polar surface area (TPSA) is 62.5 Å². The third-order valence-corrected chi connectivity index (χ3v) is 3.63. The fraction of sp³-hybridized carbons (Fsp3) is 0.562. The molecule has 0 bridgehead atoms. The molecule has 4 heteroatoms. The molecule has 0 atom stereocenters. The van der Waals surface area contributed by atoms with Crippen molar-refractivity contribution in [3.8, 4) is 17.6 Å². The second-order valence-electron chi connectivity index (χ2n) is 5.40. The van der Waals surface area contributed by atoms with Crippen LogP contribution in [0.2, 0.25) is 0 Å². The molecule has 0 aromatic heterocycles. The van der Waals surface area contributed by atoms with E-state index in [4.69, 9.17) is 14.7 Å². The lowest BCUT2D eigenvalue weighted by molar-refractivity contribution is 0.221. The van der Waals surface area contributed by atoms with E-state index in [1.165, 1.54) is 0 Å². The van der Waals surface area contributed by atoms with Gasteiger partial charge in [0.15, 0.2) is 0 Å². The Balaban J connectivity index is 2.03. The Morgan fingerprint density at radius 1 is 1.35 bits per heavy atom. The van der Waals surface area contributed by atoms with E-state index >= 15 is 0 Å². The molecule has 1 aliphatic rings. The predicted octanol–water partition coefficient (Wildman–Crippen LogP) is 3.04. The molecule has 20 heavy (non-hydrogen) atoms. The van der Waals surface area contributed by atoms with Crippen LogP contribution in [0.5, 0.6) is 11.5 Å². The van der Waals surface area contributed by atoms with E-state index in [1.54, 1.807) is 0 Å². The van der Waals surface area contributed by atoms with Crippen LogP contribution in [0.4, 0.5) is 0 Å². The molecule has 0 radical (unpaired) electrons. The molecule has 1 fully saturated rings. The second kappa shape index (κ2) is 6.62. The first-order chi connectivity index (χ1) is 9.73. The molecule has 2 rings (SSSR count). The highest BCUT2D eigenvalue weighted by molar-refractivity contribution is 5.40. The average Bonchev–Trinajstić information content (AvgIpc) is 3.23. The fourth-order valence-corrected chi connectivity index (χ4v) is 2.06. The summed E-state index contributed by atoms with van der Waals surface area (Å²) in [4.78, 5) is 0. The zero-order valence-corrected chi connectivity index (χ0v) is 11.9. The first-order valence-corrected chi connectivity index (χ1v) is 7.09. The van der Waals surface area contributed by atoms with Crippen LogP contribution in [0.15, 0.2) is 18.2 Å². The van der Waals surface area contributed by atoms with E-state index in [0.29, 0.717) is 25.4 Å². The molecule has 4 nitrogen and oxygen atoms in total. The van der Waals surface area contributed by atoms with Crippen molar-refractivity contribution in [3.05, 3.63) is 23.8 Å². The molecule has 1 aliphatic carbocycles. The summed E-state index contributed by atoms with van der Waals surface area (Å²) in [5, 5.41) is 18.2.